The predicted molar refractivity (Wildman–Crippen MR) is 78.5 cm³/mol. The first-order chi connectivity index (χ1) is 9.24. The third-order valence-corrected chi connectivity index (χ3v) is 2.85. The fraction of sp³-hybridized carbons (Fsp3) is 0.385. The van der Waals surface area contributed by atoms with Crippen LogP contribution in [0.2, 0.25) is 0 Å². The summed E-state index contributed by atoms with van der Waals surface area (Å²) in [5.41, 5.74) is 6.41. The van der Waals surface area contributed by atoms with E-state index in [-0.39, 0.29) is 0 Å². The van der Waals surface area contributed by atoms with Crippen LogP contribution in [-0.2, 0) is 16.1 Å². The third kappa shape index (κ3) is 6.73. The Kier molecular flexibility index (Phi) is 7.53. The molecule has 0 radical (unpaired) electrons. The molecule has 6 heteroatoms. The van der Waals surface area contributed by atoms with Gasteiger partial charge in [-0.3, -0.25) is 4.79 Å². The lowest BCUT2D eigenvalue weighted by atomic mass is 10.2. The molecule has 1 aromatic rings. The number of ether oxygens (including phenoxy) is 1. The minimum Gasteiger partial charge on any atom is -0.463 e. The van der Waals surface area contributed by atoms with E-state index in [2.05, 4.69) is 10.1 Å². The highest BCUT2D eigenvalue weighted by molar-refractivity contribution is 7.80. The van der Waals surface area contributed by atoms with Gasteiger partial charge in [0.2, 0.25) is 0 Å². The van der Waals surface area contributed by atoms with Crippen molar-refractivity contribution in [2.75, 3.05) is 26.2 Å². The molecule has 3 N–H and O–H groups in total. The van der Waals surface area contributed by atoms with Crippen molar-refractivity contribution in [1.29, 1.82) is 0 Å². The van der Waals surface area contributed by atoms with Gasteiger partial charge in [0.15, 0.2) is 5.11 Å². The first-order valence-electron chi connectivity index (χ1n) is 6.08. The van der Waals surface area contributed by atoms with Gasteiger partial charge in [0.05, 0.1) is 0 Å². The van der Waals surface area contributed by atoms with Gasteiger partial charge in [-0.05, 0) is 17.8 Å². The van der Waals surface area contributed by atoms with Gasteiger partial charge < -0.3 is 20.7 Å². The summed E-state index contributed by atoms with van der Waals surface area (Å²) in [5, 5.41) is 3.74. The molecule has 0 unspecified atom stereocenters. The van der Waals surface area contributed by atoms with Gasteiger partial charge in [-0.15, -0.1) is 0 Å². The van der Waals surface area contributed by atoms with Crippen LogP contribution in [0.15, 0.2) is 30.3 Å². The summed E-state index contributed by atoms with van der Waals surface area (Å²) in [5.74, 6) is 0. The van der Waals surface area contributed by atoms with Crippen molar-refractivity contribution in [2.45, 2.75) is 6.61 Å². The molecule has 0 saturated carbocycles. The summed E-state index contributed by atoms with van der Waals surface area (Å²) in [6.45, 7) is 4.72. The van der Waals surface area contributed by atoms with Gasteiger partial charge in [-0.25, -0.2) is 0 Å². The standard InChI is InChI=1S/C8H8O2.C5H11N3S/c9-7-10-6-8-4-2-1-3-5-8;6-5(9)8-3-1-7-2-4-8/h1-5,7H,6H2;7H,1-4H2,(H2,6,9). The molecule has 0 spiro atoms. The molecule has 104 valence electrons. The molecule has 1 heterocycles. The van der Waals surface area contributed by atoms with Gasteiger partial charge in [0, 0.05) is 26.2 Å². The number of nitrogens with two attached hydrogens (primary N) is 1. The Bertz CT molecular complexity index is 381. The molecule has 0 aliphatic carbocycles. The number of benzene rings is 1. The highest BCUT2D eigenvalue weighted by atomic mass is 32.1. The van der Waals surface area contributed by atoms with Crippen LogP contribution in [0.3, 0.4) is 0 Å². The number of hydrogen-bond acceptors (Lipinski definition) is 4. The van der Waals surface area contributed by atoms with Crippen LogP contribution in [0, 0.1) is 0 Å². The van der Waals surface area contributed by atoms with E-state index in [1.54, 1.807) is 0 Å². The topological polar surface area (TPSA) is 67.6 Å². The average Bonchev–Trinajstić information content (AvgIpc) is 2.48. The quantitative estimate of drug-likeness (QED) is 0.621. The van der Waals surface area contributed by atoms with Gasteiger partial charge in [-0.1, -0.05) is 30.3 Å². The fourth-order valence-corrected chi connectivity index (χ4v) is 1.77. The summed E-state index contributed by atoms with van der Waals surface area (Å²) in [7, 11) is 0. The number of nitrogens with zero attached hydrogens (tertiary/aromatic N) is 1. The van der Waals surface area contributed by atoms with Gasteiger partial charge in [0.25, 0.3) is 6.47 Å². The molecule has 1 aliphatic rings. The lowest BCUT2D eigenvalue weighted by Gasteiger charge is -2.27. The number of rotatable bonds is 3. The molecule has 1 fully saturated rings. The molecule has 0 atom stereocenters. The van der Waals surface area contributed by atoms with E-state index in [9.17, 15) is 4.79 Å². The fourth-order valence-electron chi connectivity index (χ4n) is 1.59. The molecule has 0 amide bonds. The second-order valence-electron chi connectivity index (χ2n) is 3.97. The van der Waals surface area contributed by atoms with Crippen molar-refractivity contribution < 1.29 is 9.53 Å². The largest absolute Gasteiger partial charge is 0.463 e. The Morgan fingerprint density at radius 2 is 2.00 bits per heavy atom. The summed E-state index contributed by atoms with van der Waals surface area (Å²) >= 11 is 4.79. The highest BCUT2D eigenvalue weighted by Crippen LogP contribution is 1.98. The Balaban J connectivity index is 0.000000191. The van der Waals surface area contributed by atoms with E-state index in [4.69, 9.17) is 18.0 Å². The highest BCUT2D eigenvalue weighted by Gasteiger charge is 2.08. The van der Waals surface area contributed by atoms with E-state index in [0.29, 0.717) is 18.2 Å². The zero-order chi connectivity index (χ0) is 13.9. The lowest BCUT2D eigenvalue weighted by Crippen LogP contribution is -2.48. The lowest BCUT2D eigenvalue weighted by molar-refractivity contribution is -0.129. The number of thiocarbonyl (C=S) groups is 1. The maximum atomic E-state index is 9.76. The maximum Gasteiger partial charge on any atom is 0.293 e. The molecular formula is C13H19N3O2S. The Labute approximate surface area is 118 Å². The van der Waals surface area contributed by atoms with Crippen LogP contribution in [0.4, 0.5) is 0 Å². The molecule has 1 saturated heterocycles. The molecular weight excluding hydrogens is 262 g/mol. The minimum absolute atomic E-state index is 0.365. The number of nitrogens with one attached hydrogen (secondary N) is 1. The second kappa shape index (κ2) is 9.29. The summed E-state index contributed by atoms with van der Waals surface area (Å²) in [6.07, 6.45) is 0. The average molecular weight is 281 g/mol. The molecule has 0 bridgehead atoms. The van der Waals surface area contributed by atoms with E-state index in [1.165, 1.54) is 0 Å². The van der Waals surface area contributed by atoms with Crippen molar-refractivity contribution in [1.82, 2.24) is 10.2 Å². The van der Waals surface area contributed by atoms with E-state index >= 15 is 0 Å². The second-order valence-corrected chi connectivity index (χ2v) is 4.39. The smallest absolute Gasteiger partial charge is 0.293 e. The predicted octanol–water partition coefficient (Wildman–Crippen LogP) is 0.495. The number of hydrogen-bond donors (Lipinski definition) is 2. The summed E-state index contributed by atoms with van der Waals surface area (Å²) in [4.78, 5) is 11.8. The zero-order valence-electron chi connectivity index (χ0n) is 10.7. The summed E-state index contributed by atoms with van der Waals surface area (Å²) < 4.78 is 4.54. The molecule has 19 heavy (non-hydrogen) atoms. The molecule has 1 aliphatic heterocycles. The van der Waals surface area contributed by atoms with Crippen LogP contribution in [-0.4, -0.2) is 42.7 Å². The van der Waals surface area contributed by atoms with Crippen LogP contribution >= 0.6 is 12.2 Å². The molecule has 0 aromatic heterocycles. The van der Waals surface area contributed by atoms with Gasteiger partial charge >= 0.3 is 0 Å². The van der Waals surface area contributed by atoms with E-state index in [0.717, 1.165) is 31.7 Å². The van der Waals surface area contributed by atoms with Gasteiger partial charge in [-0.2, -0.15) is 0 Å². The number of carbonyl (C=O) groups excluding carboxylic acids is 1. The van der Waals surface area contributed by atoms with Crippen molar-refractivity contribution in [3.63, 3.8) is 0 Å². The van der Waals surface area contributed by atoms with Crippen molar-refractivity contribution in [2.24, 2.45) is 5.73 Å². The first-order valence-corrected chi connectivity index (χ1v) is 6.49. The minimum atomic E-state index is 0.365. The maximum absolute atomic E-state index is 9.76. The Morgan fingerprint density at radius 1 is 1.37 bits per heavy atom. The molecule has 2 rings (SSSR count). The van der Waals surface area contributed by atoms with Crippen molar-refractivity contribution in [3.05, 3.63) is 35.9 Å². The van der Waals surface area contributed by atoms with E-state index in [1.807, 2.05) is 35.2 Å². The normalized spacial score (nSPS) is 14.0. The zero-order valence-corrected chi connectivity index (χ0v) is 11.6. The Morgan fingerprint density at radius 3 is 2.47 bits per heavy atom. The van der Waals surface area contributed by atoms with Crippen molar-refractivity contribution in [3.8, 4) is 0 Å². The van der Waals surface area contributed by atoms with Crippen LogP contribution in [0.1, 0.15) is 5.56 Å². The SMILES string of the molecule is NC(=S)N1CCNCC1.O=COCc1ccccc1. The van der Waals surface area contributed by atoms with Gasteiger partial charge in [0.1, 0.15) is 6.61 Å². The molecule has 1 aromatic carbocycles. The number of piperazine rings is 1. The third-order valence-electron chi connectivity index (χ3n) is 2.59. The first kappa shape index (κ1) is 15.4. The number of carbonyl (C=O) groups is 1. The summed E-state index contributed by atoms with van der Waals surface area (Å²) in [6, 6.07) is 9.55. The van der Waals surface area contributed by atoms with Crippen LogP contribution in [0.5, 0.6) is 0 Å². The monoisotopic (exact) mass is 281 g/mol. The van der Waals surface area contributed by atoms with Crippen LogP contribution in [0.25, 0.3) is 0 Å². The van der Waals surface area contributed by atoms with E-state index < -0.39 is 0 Å². The van der Waals surface area contributed by atoms with Crippen LogP contribution < -0.4 is 11.1 Å². The van der Waals surface area contributed by atoms with Crippen molar-refractivity contribution >= 4 is 23.8 Å². The molecule has 5 nitrogen and oxygen atoms in total. The Hall–Kier alpha value is -1.66.